The van der Waals surface area contributed by atoms with Gasteiger partial charge in [-0.1, -0.05) is 18.2 Å². The fraction of sp³-hybridized carbons (Fsp3) is 0.400. The van der Waals surface area contributed by atoms with E-state index in [1.807, 2.05) is 62.2 Å². The molecule has 1 aromatic carbocycles. The first-order valence-corrected chi connectivity index (χ1v) is 15.1. The number of fused-ring (bicyclic) bond motifs is 2. The molecule has 11 nitrogen and oxygen atoms in total. The van der Waals surface area contributed by atoms with Gasteiger partial charge < -0.3 is 29.5 Å². The standard InChI is InChI=1S/C17H17N3O.C13H22N4O3S.ClH/c1-20-9-13(12-4-2-3-5-16(12)20)17(21)11-6-7-14-15(8-11)19-10-18-14;1-14-13(9-17(18)19)15-6-7-21-10-12-5-4-11(20-12)8-16(2)3;/h2-5,9-11H,6-8H2,1H3,(H,18,19);4-5,9,14-15H,6-8,10H2,1-3H3;1H/b;13-9-;/t11-;;/m1../s1. The van der Waals surface area contributed by atoms with Crippen LogP contribution >= 0.6 is 24.2 Å². The van der Waals surface area contributed by atoms with Crippen LogP contribution in [0.25, 0.3) is 10.9 Å². The Balaban J connectivity index is 0.000000230. The highest BCUT2D eigenvalue weighted by molar-refractivity contribution is 7.98. The van der Waals surface area contributed by atoms with Gasteiger partial charge in [0, 0.05) is 67.1 Å². The number of aromatic nitrogens is 3. The monoisotopic (exact) mass is 629 g/mol. The van der Waals surface area contributed by atoms with Crippen molar-refractivity contribution < 1.29 is 14.1 Å². The van der Waals surface area contributed by atoms with E-state index in [0.29, 0.717) is 12.4 Å². The average Bonchev–Trinajstić information content (AvgIpc) is 3.70. The van der Waals surface area contributed by atoms with Gasteiger partial charge in [-0.3, -0.25) is 14.9 Å². The molecule has 3 N–H and O–H groups in total. The lowest BCUT2D eigenvalue weighted by molar-refractivity contribution is -0.404. The van der Waals surface area contributed by atoms with E-state index >= 15 is 0 Å². The van der Waals surface area contributed by atoms with Gasteiger partial charge >= 0.3 is 0 Å². The smallest absolute Gasteiger partial charge is 0.274 e. The zero-order valence-electron chi connectivity index (χ0n) is 25.0. The van der Waals surface area contributed by atoms with E-state index in [9.17, 15) is 14.9 Å². The number of furan rings is 1. The number of Topliss-reactive ketones (excluding diaryl/α,β-unsaturated/α-hetero) is 1. The van der Waals surface area contributed by atoms with Crippen molar-refractivity contribution in [3.63, 3.8) is 0 Å². The fourth-order valence-electron chi connectivity index (χ4n) is 5.01. The maximum atomic E-state index is 12.9. The van der Waals surface area contributed by atoms with Crippen molar-refractivity contribution >= 4 is 40.9 Å². The Morgan fingerprint density at radius 1 is 1.28 bits per heavy atom. The first kappa shape index (κ1) is 33.8. The van der Waals surface area contributed by atoms with Gasteiger partial charge in [0.05, 0.1) is 29.2 Å². The molecule has 0 amide bonds. The number of carbonyl (C=O) groups excluding carboxylic acids is 1. The van der Waals surface area contributed by atoms with Gasteiger partial charge in [0.15, 0.2) is 11.6 Å². The summed E-state index contributed by atoms with van der Waals surface area (Å²) in [6, 6.07) is 12.1. The van der Waals surface area contributed by atoms with Crippen LogP contribution in [-0.4, -0.2) is 63.6 Å². The van der Waals surface area contributed by atoms with Crippen LogP contribution in [0.2, 0.25) is 0 Å². The Labute approximate surface area is 262 Å². The van der Waals surface area contributed by atoms with E-state index in [2.05, 4.69) is 31.6 Å². The second kappa shape index (κ2) is 16.2. The lowest BCUT2D eigenvalue weighted by Crippen LogP contribution is -2.26. The van der Waals surface area contributed by atoms with Crippen LogP contribution in [0.15, 0.2) is 65.4 Å². The molecule has 13 heteroatoms. The molecule has 43 heavy (non-hydrogen) atoms. The third kappa shape index (κ3) is 9.37. The summed E-state index contributed by atoms with van der Waals surface area (Å²) in [6.07, 6.45) is 7.18. The van der Waals surface area contributed by atoms with Crippen LogP contribution in [0, 0.1) is 16.0 Å². The Morgan fingerprint density at radius 3 is 2.79 bits per heavy atom. The largest absolute Gasteiger partial charge is 0.464 e. The number of hydrogen-bond donors (Lipinski definition) is 3. The minimum Gasteiger partial charge on any atom is -0.464 e. The number of nitrogens with one attached hydrogen (secondary N) is 3. The Hall–Kier alpha value is -3.74. The van der Waals surface area contributed by atoms with Crippen LogP contribution in [-0.2, 0) is 32.2 Å². The summed E-state index contributed by atoms with van der Waals surface area (Å²) < 4.78 is 7.73. The second-order valence-electron chi connectivity index (χ2n) is 10.5. The number of nitro groups is 1. The predicted molar refractivity (Wildman–Crippen MR) is 173 cm³/mol. The highest BCUT2D eigenvalue weighted by atomic mass is 35.5. The molecule has 1 aliphatic carbocycles. The van der Waals surface area contributed by atoms with Gasteiger partial charge in [-0.05, 0) is 45.1 Å². The third-order valence-electron chi connectivity index (χ3n) is 7.02. The molecule has 232 valence electrons. The number of thioether (sulfide) groups is 1. The van der Waals surface area contributed by atoms with E-state index in [0.717, 1.165) is 77.2 Å². The van der Waals surface area contributed by atoms with Crippen LogP contribution in [0.1, 0.15) is 39.7 Å². The van der Waals surface area contributed by atoms with Crippen LogP contribution in [0.3, 0.4) is 0 Å². The fourth-order valence-corrected chi connectivity index (χ4v) is 5.76. The number of para-hydroxylation sites is 1. The maximum absolute atomic E-state index is 12.9. The molecular weight excluding hydrogens is 590 g/mol. The summed E-state index contributed by atoms with van der Waals surface area (Å²) in [7, 11) is 7.64. The van der Waals surface area contributed by atoms with Crippen molar-refractivity contribution in [1.82, 2.24) is 30.1 Å². The number of aryl methyl sites for hydroxylation is 2. The first-order chi connectivity index (χ1) is 20.2. The first-order valence-electron chi connectivity index (χ1n) is 13.9. The molecule has 1 atom stereocenters. The molecule has 4 aromatic rings. The van der Waals surface area contributed by atoms with E-state index < -0.39 is 4.92 Å². The minimum atomic E-state index is -0.485. The molecule has 0 saturated carbocycles. The highest BCUT2D eigenvalue weighted by Crippen LogP contribution is 2.29. The van der Waals surface area contributed by atoms with Crippen LogP contribution < -0.4 is 10.6 Å². The van der Waals surface area contributed by atoms with Gasteiger partial charge in [-0.25, -0.2) is 4.98 Å². The third-order valence-corrected chi connectivity index (χ3v) is 8.00. The van der Waals surface area contributed by atoms with Crippen molar-refractivity contribution in [1.29, 1.82) is 0 Å². The molecule has 3 heterocycles. The van der Waals surface area contributed by atoms with E-state index in [1.54, 1.807) is 25.1 Å². The molecule has 1 aliphatic rings. The number of benzene rings is 1. The molecule has 0 fully saturated rings. The van der Waals surface area contributed by atoms with Gasteiger partial charge in [-0.15, -0.1) is 12.4 Å². The predicted octanol–water partition coefficient (Wildman–Crippen LogP) is 4.77. The number of hydrogen-bond acceptors (Lipinski definition) is 9. The van der Waals surface area contributed by atoms with Gasteiger partial charge in [0.1, 0.15) is 11.5 Å². The number of ketones is 1. The van der Waals surface area contributed by atoms with Crippen molar-refractivity contribution in [2.75, 3.05) is 33.4 Å². The summed E-state index contributed by atoms with van der Waals surface area (Å²) in [5.74, 6) is 4.24. The lowest BCUT2D eigenvalue weighted by atomic mass is 9.84. The van der Waals surface area contributed by atoms with Crippen molar-refractivity contribution in [3.8, 4) is 0 Å². The number of nitrogens with zero attached hydrogens (tertiary/aromatic N) is 4. The number of imidazole rings is 1. The molecule has 0 radical (unpaired) electrons. The Bertz CT molecular complexity index is 1530. The topological polar surface area (TPSA) is 134 Å². The molecule has 3 aromatic heterocycles. The lowest BCUT2D eigenvalue weighted by Gasteiger charge is -2.19. The normalized spacial score (nSPS) is 14.4. The summed E-state index contributed by atoms with van der Waals surface area (Å²) in [4.78, 5) is 32.3. The summed E-state index contributed by atoms with van der Waals surface area (Å²) in [5.41, 5.74) is 4.20. The van der Waals surface area contributed by atoms with Gasteiger partial charge in [0.2, 0.25) is 0 Å². The SMILES string of the molecule is CN/C(=C/[N+](=O)[O-])NCCSCc1ccc(CN(C)C)o1.Cl.Cn1cc(C(=O)[C@@H]2CCc3[nH]cnc3C2)c2ccccc21. The van der Waals surface area contributed by atoms with E-state index in [4.69, 9.17) is 4.42 Å². The molecule has 5 rings (SSSR count). The average molecular weight is 630 g/mol. The number of carbonyl (C=O) groups is 1. The zero-order chi connectivity index (χ0) is 30.1. The van der Waals surface area contributed by atoms with Gasteiger partial charge in [-0.2, -0.15) is 11.8 Å². The van der Waals surface area contributed by atoms with Gasteiger partial charge in [0.25, 0.3) is 6.20 Å². The van der Waals surface area contributed by atoms with Crippen molar-refractivity contribution in [3.05, 3.63) is 99.5 Å². The van der Waals surface area contributed by atoms with Crippen LogP contribution in [0.5, 0.6) is 0 Å². The molecule has 0 spiro atoms. The Morgan fingerprint density at radius 2 is 2.05 bits per heavy atom. The Kier molecular flexibility index (Phi) is 12.7. The number of rotatable bonds is 12. The summed E-state index contributed by atoms with van der Waals surface area (Å²) >= 11 is 1.72. The van der Waals surface area contributed by atoms with Crippen molar-refractivity contribution in [2.45, 2.75) is 31.6 Å². The maximum Gasteiger partial charge on any atom is 0.274 e. The molecule has 0 aliphatic heterocycles. The van der Waals surface area contributed by atoms with Crippen molar-refractivity contribution in [2.24, 2.45) is 13.0 Å². The summed E-state index contributed by atoms with van der Waals surface area (Å²) in [5, 5.41) is 17.1. The molecular formula is C30H40ClN7O4S. The number of H-pyrrole nitrogens is 1. The number of halogens is 1. The molecule has 0 bridgehead atoms. The molecule has 0 unspecified atom stereocenters. The zero-order valence-corrected chi connectivity index (χ0v) is 26.6. The summed E-state index contributed by atoms with van der Waals surface area (Å²) in [6.45, 7) is 1.44. The highest BCUT2D eigenvalue weighted by Gasteiger charge is 2.28. The minimum absolute atomic E-state index is 0. The van der Waals surface area contributed by atoms with E-state index in [1.165, 1.54) is 5.69 Å². The van der Waals surface area contributed by atoms with Crippen LogP contribution in [0.4, 0.5) is 0 Å². The van der Waals surface area contributed by atoms with E-state index in [-0.39, 0.29) is 24.1 Å². The quantitative estimate of drug-likeness (QED) is 0.0877. The molecule has 0 saturated heterocycles. The second-order valence-corrected chi connectivity index (χ2v) is 11.6. The number of aromatic amines is 1.